The second kappa shape index (κ2) is 8.89. The van der Waals surface area contributed by atoms with Crippen LogP contribution in [0, 0.1) is 5.82 Å². The van der Waals surface area contributed by atoms with Gasteiger partial charge < -0.3 is 20.3 Å². The Labute approximate surface area is 180 Å². The fraction of sp³-hybridized carbons (Fsp3) is 0.333. The van der Waals surface area contributed by atoms with E-state index in [0.717, 1.165) is 18.4 Å². The molecule has 1 heterocycles. The Morgan fingerprint density at radius 3 is 2.55 bits per heavy atom. The molecule has 7 heteroatoms. The highest BCUT2D eigenvalue weighted by Gasteiger charge is 2.27. The van der Waals surface area contributed by atoms with E-state index in [1.165, 1.54) is 6.07 Å². The monoisotopic (exact) mass is 423 g/mol. The first-order valence-corrected chi connectivity index (χ1v) is 10.5. The van der Waals surface area contributed by atoms with Crippen LogP contribution in [0.15, 0.2) is 48.7 Å². The van der Waals surface area contributed by atoms with Gasteiger partial charge in [-0.1, -0.05) is 31.0 Å². The molecule has 2 amide bonds. The normalized spacial score (nSPS) is 18.7. The maximum Gasteiger partial charge on any atom is 0.253 e. The van der Waals surface area contributed by atoms with Crippen LogP contribution in [0.4, 0.5) is 4.39 Å². The van der Waals surface area contributed by atoms with Gasteiger partial charge in [-0.3, -0.25) is 9.59 Å². The summed E-state index contributed by atoms with van der Waals surface area (Å²) in [4.78, 5) is 24.7. The van der Waals surface area contributed by atoms with Crippen molar-refractivity contribution in [2.24, 2.45) is 0 Å². The highest BCUT2D eigenvalue weighted by molar-refractivity contribution is 6.07. The Morgan fingerprint density at radius 2 is 1.84 bits per heavy atom. The van der Waals surface area contributed by atoms with Crippen LogP contribution in [0.1, 0.15) is 52.0 Å². The van der Waals surface area contributed by atoms with Gasteiger partial charge in [0, 0.05) is 30.7 Å². The molecule has 162 valence electrons. The fourth-order valence-corrected chi connectivity index (χ4v) is 4.24. The molecule has 31 heavy (non-hydrogen) atoms. The summed E-state index contributed by atoms with van der Waals surface area (Å²) in [6.07, 6.45) is 4.35. The third-order valence-electron chi connectivity index (χ3n) is 5.94. The van der Waals surface area contributed by atoms with Crippen molar-refractivity contribution in [3.05, 3.63) is 71.2 Å². The van der Waals surface area contributed by atoms with Crippen molar-refractivity contribution in [3.63, 3.8) is 0 Å². The summed E-state index contributed by atoms with van der Waals surface area (Å²) in [6, 6.07) is 11.6. The number of amides is 2. The highest BCUT2D eigenvalue weighted by atomic mass is 19.1. The predicted molar refractivity (Wildman–Crippen MR) is 117 cm³/mol. The summed E-state index contributed by atoms with van der Waals surface area (Å²) in [5.41, 5.74) is 2.35. The molecular weight excluding hydrogens is 397 g/mol. The second-order valence-corrected chi connectivity index (χ2v) is 8.01. The highest BCUT2D eigenvalue weighted by Crippen LogP contribution is 2.26. The first-order valence-electron chi connectivity index (χ1n) is 10.5. The Bertz CT molecular complexity index is 1110. The molecule has 1 aliphatic carbocycles. The van der Waals surface area contributed by atoms with E-state index in [-0.39, 0.29) is 28.8 Å². The van der Waals surface area contributed by atoms with Crippen molar-refractivity contribution >= 4 is 22.7 Å². The van der Waals surface area contributed by atoms with Crippen LogP contribution in [0.5, 0.6) is 0 Å². The van der Waals surface area contributed by atoms with E-state index >= 15 is 0 Å². The third-order valence-corrected chi connectivity index (χ3v) is 5.94. The van der Waals surface area contributed by atoms with Crippen molar-refractivity contribution in [1.29, 1.82) is 0 Å². The van der Waals surface area contributed by atoms with Crippen molar-refractivity contribution in [1.82, 2.24) is 15.2 Å². The molecule has 1 saturated carbocycles. The summed E-state index contributed by atoms with van der Waals surface area (Å²) in [6.45, 7) is 0.424. The lowest BCUT2D eigenvalue weighted by molar-refractivity contribution is 0.0718. The van der Waals surface area contributed by atoms with Crippen LogP contribution < -0.4 is 10.6 Å². The number of halogens is 1. The number of fused-ring (bicyclic) bond motifs is 1. The molecule has 1 aliphatic rings. The van der Waals surface area contributed by atoms with Gasteiger partial charge >= 0.3 is 0 Å². The topological polar surface area (TPSA) is 83.4 Å². The van der Waals surface area contributed by atoms with Crippen LogP contribution in [0.2, 0.25) is 0 Å². The molecule has 1 fully saturated rings. The van der Waals surface area contributed by atoms with Gasteiger partial charge in [-0.05, 0) is 42.7 Å². The smallest absolute Gasteiger partial charge is 0.253 e. The number of aliphatic hydroxyl groups excluding tert-OH is 1. The van der Waals surface area contributed by atoms with E-state index in [4.69, 9.17) is 0 Å². The lowest BCUT2D eigenvalue weighted by Crippen LogP contribution is -2.45. The summed E-state index contributed by atoms with van der Waals surface area (Å²) >= 11 is 0. The van der Waals surface area contributed by atoms with Gasteiger partial charge in [0.25, 0.3) is 11.8 Å². The number of carbonyl (C=O) groups is 2. The van der Waals surface area contributed by atoms with E-state index < -0.39 is 11.9 Å². The quantitative estimate of drug-likeness (QED) is 0.589. The zero-order chi connectivity index (χ0) is 22.0. The molecule has 1 aromatic heterocycles. The van der Waals surface area contributed by atoms with Crippen molar-refractivity contribution in [2.75, 3.05) is 7.05 Å². The standard InChI is InChI=1S/C24H26FN3O3/c1-26-23(30)16-11-9-15(10-12-16)13-28-14-17(22-18(25)5-4-7-20(22)28)24(31)27-19-6-2-3-8-21(19)29/h4-5,7,9-12,14,19,21,29H,2-3,6,8,13H2,1H3,(H,26,30)(H,27,31). The molecule has 3 aromatic rings. The number of aliphatic hydroxyl groups is 1. The minimum Gasteiger partial charge on any atom is -0.391 e. The summed E-state index contributed by atoms with van der Waals surface area (Å²) < 4.78 is 16.5. The van der Waals surface area contributed by atoms with Crippen LogP contribution in [0.3, 0.4) is 0 Å². The number of hydrogen-bond acceptors (Lipinski definition) is 3. The van der Waals surface area contributed by atoms with Crippen LogP contribution in [0.25, 0.3) is 10.9 Å². The van der Waals surface area contributed by atoms with Gasteiger partial charge in [0.05, 0.1) is 23.2 Å². The number of aromatic nitrogens is 1. The average molecular weight is 423 g/mol. The van der Waals surface area contributed by atoms with E-state index in [1.807, 2.05) is 16.7 Å². The molecule has 0 spiro atoms. The van der Waals surface area contributed by atoms with Gasteiger partial charge in [0.2, 0.25) is 0 Å². The second-order valence-electron chi connectivity index (χ2n) is 8.01. The van der Waals surface area contributed by atoms with E-state index in [1.54, 1.807) is 37.5 Å². The largest absolute Gasteiger partial charge is 0.391 e. The van der Waals surface area contributed by atoms with Gasteiger partial charge in [-0.15, -0.1) is 0 Å². The molecule has 0 bridgehead atoms. The molecule has 0 saturated heterocycles. The molecule has 2 atom stereocenters. The maximum atomic E-state index is 14.7. The first-order chi connectivity index (χ1) is 15.0. The Balaban J connectivity index is 1.63. The zero-order valence-corrected chi connectivity index (χ0v) is 17.4. The number of rotatable bonds is 5. The summed E-state index contributed by atoms with van der Waals surface area (Å²) in [5, 5.41) is 15.9. The van der Waals surface area contributed by atoms with Crippen molar-refractivity contribution < 1.29 is 19.1 Å². The lowest BCUT2D eigenvalue weighted by atomic mass is 9.92. The molecule has 6 nitrogen and oxygen atoms in total. The maximum absolute atomic E-state index is 14.7. The molecule has 2 aromatic carbocycles. The summed E-state index contributed by atoms with van der Waals surface area (Å²) in [5.74, 6) is -1.00. The minimum atomic E-state index is -0.574. The van der Waals surface area contributed by atoms with Gasteiger partial charge in [-0.25, -0.2) is 4.39 Å². The van der Waals surface area contributed by atoms with Crippen LogP contribution in [-0.2, 0) is 6.54 Å². The Hall–Kier alpha value is -3.19. The predicted octanol–water partition coefficient (Wildman–Crippen LogP) is 3.22. The number of carbonyl (C=O) groups excluding carboxylic acids is 2. The lowest BCUT2D eigenvalue weighted by Gasteiger charge is -2.28. The van der Waals surface area contributed by atoms with Gasteiger partial charge in [0.15, 0.2) is 0 Å². The number of hydrogen-bond donors (Lipinski definition) is 3. The summed E-state index contributed by atoms with van der Waals surface area (Å²) in [7, 11) is 1.58. The number of benzene rings is 2. The SMILES string of the molecule is CNC(=O)c1ccc(Cn2cc(C(=O)NC3CCCCC3O)c3c(F)cccc32)cc1. The Kier molecular flexibility index (Phi) is 6.04. The Morgan fingerprint density at radius 1 is 1.10 bits per heavy atom. The molecule has 3 N–H and O–H groups in total. The van der Waals surface area contributed by atoms with E-state index in [0.29, 0.717) is 30.5 Å². The van der Waals surface area contributed by atoms with Crippen LogP contribution >= 0.6 is 0 Å². The van der Waals surface area contributed by atoms with E-state index in [9.17, 15) is 19.1 Å². The minimum absolute atomic E-state index is 0.163. The van der Waals surface area contributed by atoms with E-state index in [2.05, 4.69) is 10.6 Å². The molecule has 0 aliphatic heterocycles. The fourth-order valence-electron chi connectivity index (χ4n) is 4.24. The average Bonchev–Trinajstić information content (AvgIpc) is 3.15. The first kappa shape index (κ1) is 21.1. The van der Waals surface area contributed by atoms with Crippen LogP contribution in [-0.4, -0.2) is 40.7 Å². The molecule has 4 rings (SSSR count). The number of nitrogens with one attached hydrogen (secondary N) is 2. The third kappa shape index (κ3) is 4.32. The zero-order valence-electron chi connectivity index (χ0n) is 17.4. The molecular formula is C24H26FN3O3. The van der Waals surface area contributed by atoms with Crippen molar-refractivity contribution in [2.45, 2.75) is 44.4 Å². The molecule has 0 radical (unpaired) electrons. The number of nitrogens with zero attached hydrogens (tertiary/aromatic N) is 1. The van der Waals surface area contributed by atoms with Gasteiger partial charge in [0.1, 0.15) is 5.82 Å². The molecule has 2 unspecified atom stereocenters. The van der Waals surface area contributed by atoms with Gasteiger partial charge in [-0.2, -0.15) is 0 Å². The van der Waals surface area contributed by atoms with Crippen molar-refractivity contribution in [3.8, 4) is 0 Å².